The Morgan fingerprint density at radius 3 is 2.43 bits per heavy atom. The zero-order chi connectivity index (χ0) is 20.4. The van der Waals surface area contributed by atoms with Crippen LogP contribution in [0.2, 0.25) is 0 Å². The third-order valence-electron chi connectivity index (χ3n) is 4.50. The van der Waals surface area contributed by atoms with Crippen molar-refractivity contribution < 1.29 is 18.3 Å². The smallest absolute Gasteiger partial charge is 0.319 e. The Balaban J connectivity index is 2.17. The average Bonchev–Trinajstić information content (AvgIpc) is 3.01. The van der Waals surface area contributed by atoms with Gasteiger partial charge in [0.25, 0.3) is 0 Å². The molecule has 2 aromatic carbocycles. The first-order valence-electron chi connectivity index (χ1n) is 8.53. The minimum atomic E-state index is -2.88. The lowest BCUT2D eigenvalue weighted by Crippen LogP contribution is -2.13. The Morgan fingerprint density at radius 2 is 1.82 bits per heavy atom. The molecule has 0 bridgehead atoms. The number of rotatable bonds is 4. The molecular formula is C20H19N3O4S. The molecule has 144 valence electrons. The lowest BCUT2D eigenvalue weighted by atomic mass is 9.99. The van der Waals surface area contributed by atoms with Crippen LogP contribution in [0.1, 0.15) is 32.7 Å². The predicted octanol–water partition coefficient (Wildman–Crippen LogP) is 3.43. The summed E-state index contributed by atoms with van der Waals surface area (Å²) < 4.78 is 26.5. The minimum absolute atomic E-state index is 0.0261. The van der Waals surface area contributed by atoms with E-state index in [1.165, 1.54) is 23.0 Å². The Labute approximate surface area is 164 Å². The SMILES string of the molecule is Cc1cc(C)c(Cn2ncc(-c3cccc(O)c3)c2C(=O)N=S(=O)=O)c(C)c1. The zero-order valence-corrected chi connectivity index (χ0v) is 16.5. The molecule has 1 N–H and O–H groups in total. The summed E-state index contributed by atoms with van der Waals surface area (Å²) in [6, 6.07) is 10.4. The van der Waals surface area contributed by atoms with Crippen LogP contribution in [0.3, 0.4) is 0 Å². The van der Waals surface area contributed by atoms with Crippen LogP contribution < -0.4 is 0 Å². The van der Waals surface area contributed by atoms with E-state index in [0.29, 0.717) is 17.7 Å². The summed E-state index contributed by atoms with van der Waals surface area (Å²) in [5.41, 5.74) is 5.22. The summed E-state index contributed by atoms with van der Waals surface area (Å²) in [5.74, 6) is -0.884. The van der Waals surface area contributed by atoms with Crippen molar-refractivity contribution >= 4 is 16.4 Å². The highest BCUT2D eigenvalue weighted by molar-refractivity contribution is 7.62. The number of aryl methyl sites for hydroxylation is 3. The van der Waals surface area contributed by atoms with E-state index >= 15 is 0 Å². The molecular weight excluding hydrogens is 378 g/mol. The maximum absolute atomic E-state index is 12.5. The molecule has 0 aliphatic rings. The van der Waals surface area contributed by atoms with Gasteiger partial charge in [-0.1, -0.05) is 34.2 Å². The Morgan fingerprint density at radius 1 is 1.14 bits per heavy atom. The van der Waals surface area contributed by atoms with E-state index in [0.717, 1.165) is 22.3 Å². The summed E-state index contributed by atoms with van der Waals surface area (Å²) in [7, 11) is -2.88. The number of aromatic hydroxyl groups is 1. The highest BCUT2D eigenvalue weighted by atomic mass is 32.2. The number of carbonyl (C=O) groups excluding carboxylic acids is 1. The Kier molecular flexibility index (Phi) is 5.41. The summed E-state index contributed by atoms with van der Waals surface area (Å²) in [4.78, 5) is 12.5. The van der Waals surface area contributed by atoms with Crippen molar-refractivity contribution in [3.05, 3.63) is 70.5 Å². The standard InChI is InChI=1S/C20H19N3O4S/c1-12-7-13(2)18(14(3)8-12)11-23-19(20(25)22-28(26)27)17(10-21-23)15-5-4-6-16(24)9-15/h4-10,24H,11H2,1-3H3. The van der Waals surface area contributed by atoms with Crippen LogP contribution in [-0.2, 0) is 17.0 Å². The third kappa shape index (κ3) is 4.01. The Hall–Kier alpha value is -3.26. The maximum atomic E-state index is 12.5. The normalized spacial score (nSPS) is 10.7. The molecule has 0 aliphatic carbocycles. The van der Waals surface area contributed by atoms with E-state index in [9.17, 15) is 18.3 Å². The number of phenolic OH excluding ortho intramolecular Hbond substituents is 1. The fourth-order valence-electron chi connectivity index (χ4n) is 3.34. The second-order valence-corrected chi connectivity index (χ2v) is 7.22. The van der Waals surface area contributed by atoms with Crippen molar-refractivity contribution in [2.75, 3.05) is 0 Å². The molecule has 7 nitrogen and oxygen atoms in total. The monoisotopic (exact) mass is 397 g/mol. The molecule has 0 radical (unpaired) electrons. The van der Waals surface area contributed by atoms with E-state index in [1.807, 2.05) is 32.9 Å². The molecule has 8 heteroatoms. The van der Waals surface area contributed by atoms with Gasteiger partial charge in [0.1, 0.15) is 11.4 Å². The summed E-state index contributed by atoms with van der Waals surface area (Å²) in [5, 5.41) is 14.1. The van der Waals surface area contributed by atoms with Crippen LogP contribution in [0, 0.1) is 20.8 Å². The number of phenols is 1. The fourth-order valence-corrected chi connectivity index (χ4v) is 3.56. The first kappa shape index (κ1) is 19.5. The summed E-state index contributed by atoms with van der Waals surface area (Å²) >= 11 is 0. The number of amides is 1. The van der Waals surface area contributed by atoms with Crippen molar-refractivity contribution in [3.63, 3.8) is 0 Å². The number of benzene rings is 2. The molecule has 1 heterocycles. The van der Waals surface area contributed by atoms with E-state index < -0.39 is 16.4 Å². The quantitative estimate of drug-likeness (QED) is 0.727. The number of aromatic nitrogens is 2. The van der Waals surface area contributed by atoms with Gasteiger partial charge < -0.3 is 5.11 Å². The molecule has 3 aromatic rings. The van der Waals surface area contributed by atoms with E-state index in [4.69, 9.17) is 0 Å². The van der Waals surface area contributed by atoms with Crippen LogP contribution in [-0.4, -0.2) is 29.2 Å². The van der Waals surface area contributed by atoms with Crippen LogP contribution in [0.25, 0.3) is 11.1 Å². The van der Waals surface area contributed by atoms with Crippen molar-refractivity contribution in [2.24, 2.45) is 4.36 Å². The molecule has 0 aliphatic heterocycles. The predicted molar refractivity (Wildman–Crippen MR) is 105 cm³/mol. The average molecular weight is 397 g/mol. The van der Waals surface area contributed by atoms with Gasteiger partial charge in [0.2, 0.25) is 0 Å². The molecule has 0 saturated heterocycles. The van der Waals surface area contributed by atoms with Crippen LogP contribution >= 0.6 is 0 Å². The molecule has 0 fully saturated rings. The highest BCUT2D eigenvalue weighted by Gasteiger charge is 2.21. The largest absolute Gasteiger partial charge is 0.508 e. The van der Waals surface area contributed by atoms with Crippen LogP contribution in [0.5, 0.6) is 5.75 Å². The fraction of sp³-hybridized carbons (Fsp3) is 0.200. The van der Waals surface area contributed by atoms with Gasteiger partial charge in [-0.25, -0.2) is 0 Å². The minimum Gasteiger partial charge on any atom is -0.508 e. The second-order valence-electron chi connectivity index (χ2n) is 6.61. The van der Waals surface area contributed by atoms with Crippen molar-refractivity contribution in [2.45, 2.75) is 27.3 Å². The third-order valence-corrected chi connectivity index (χ3v) is 4.82. The van der Waals surface area contributed by atoms with Crippen molar-refractivity contribution in [3.8, 4) is 16.9 Å². The summed E-state index contributed by atoms with van der Waals surface area (Å²) in [6.07, 6.45) is 1.48. The van der Waals surface area contributed by atoms with Gasteiger partial charge >= 0.3 is 16.4 Å². The van der Waals surface area contributed by atoms with Gasteiger partial charge in [0.15, 0.2) is 0 Å². The lowest BCUT2D eigenvalue weighted by Gasteiger charge is -2.13. The lowest BCUT2D eigenvalue weighted by molar-refractivity contribution is 0.0996. The van der Waals surface area contributed by atoms with Gasteiger partial charge in [-0.3, -0.25) is 9.48 Å². The molecule has 1 amide bonds. The number of carbonyl (C=O) groups is 1. The molecule has 0 atom stereocenters. The molecule has 0 unspecified atom stereocenters. The summed E-state index contributed by atoms with van der Waals surface area (Å²) in [6.45, 7) is 6.26. The van der Waals surface area contributed by atoms with Crippen LogP contribution in [0.4, 0.5) is 0 Å². The van der Waals surface area contributed by atoms with Gasteiger partial charge in [-0.15, -0.1) is 0 Å². The Bertz CT molecular complexity index is 1180. The molecule has 0 saturated carbocycles. The zero-order valence-electron chi connectivity index (χ0n) is 15.7. The molecule has 0 spiro atoms. The van der Waals surface area contributed by atoms with Crippen molar-refractivity contribution in [1.82, 2.24) is 9.78 Å². The van der Waals surface area contributed by atoms with Crippen LogP contribution in [0.15, 0.2) is 47.0 Å². The topological polar surface area (TPSA) is 102 Å². The van der Waals surface area contributed by atoms with Gasteiger partial charge in [0.05, 0.1) is 12.7 Å². The van der Waals surface area contributed by atoms with E-state index in [1.54, 1.807) is 12.1 Å². The molecule has 1 aromatic heterocycles. The number of hydrogen-bond acceptors (Lipinski definition) is 5. The number of nitrogens with zero attached hydrogens (tertiary/aromatic N) is 3. The van der Waals surface area contributed by atoms with Gasteiger partial charge in [0, 0.05) is 5.56 Å². The first-order chi connectivity index (χ1) is 13.3. The van der Waals surface area contributed by atoms with Crippen molar-refractivity contribution in [1.29, 1.82) is 0 Å². The molecule has 28 heavy (non-hydrogen) atoms. The van der Waals surface area contributed by atoms with E-state index in [2.05, 4.69) is 9.46 Å². The molecule has 3 rings (SSSR count). The van der Waals surface area contributed by atoms with Gasteiger partial charge in [-0.05, 0) is 55.2 Å². The highest BCUT2D eigenvalue weighted by Crippen LogP contribution is 2.28. The number of hydrogen-bond donors (Lipinski definition) is 1. The van der Waals surface area contributed by atoms with E-state index in [-0.39, 0.29) is 11.4 Å². The van der Waals surface area contributed by atoms with Gasteiger partial charge in [-0.2, -0.15) is 13.5 Å². The second kappa shape index (κ2) is 7.77. The first-order valence-corrected chi connectivity index (χ1v) is 9.57. The maximum Gasteiger partial charge on any atom is 0.319 e.